The van der Waals surface area contributed by atoms with Gasteiger partial charge in [-0.15, -0.1) is 11.3 Å². The fourth-order valence-electron chi connectivity index (χ4n) is 1.90. The summed E-state index contributed by atoms with van der Waals surface area (Å²) in [5.74, 6) is 0.00130. The summed E-state index contributed by atoms with van der Waals surface area (Å²) in [5, 5.41) is 6.31. The number of carbonyl (C=O) groups is 1. The van der Waals surface area contributed by atoms with E-state index in [1.807, 2.05) is 36.3 Å². The lowest BCUT2D eigenvalue weighted by atomic mass is 10.1. The second-order valence-electron chi connectivity index (χ2n) is 5.95. The third-order valence-electron chi connectivity index (χ3n) is 3.37. The molecule has 2 heterocycles. The molecule has 0 N–H and O–H groups in total. The lowest BCUT2D eigenvalue weighted by molar-refractivity contribution is 0.0744. The second-order valence-corrected chi connectivity index (χ2v) is 6.93. The SMILES string of the molecule is CC(c1cccs1)N(C)C(=O)c1cnn(C(C)(C)C)c1. The summed E-state index contributed by atoms with van der Waals surface area (Å²) in [6, 6.07) is 4.13. The van der Waals surface area contributed by atoms with Gasteiger partial charge in [0.15, 0.2) is 0 Å². The summed E-state index contributed by atoms with van der Waals surface area (Å²) in [5.41, 5.74) is 0.516. The van der Waals surface area contributed by atoms with E-state index in [1.165, 1.54) is 4.88 Å². The van der Waals surface area contributed by atoms with Crippen molar-refractivity contribution in [3.8, 4) is 0 Å². The van der Waals surface area contributed by atoms with E-state index in [0.717, 1.165) is 0 Å². The Balaban J connectivity index is 2.17. The van der Waals surface area contributed by atoms with Crippen LogP contribution in [-0.4, -0.2) is 27.6 Å². The summed E-state index contributed by atoms with van der Waals surface area (Å²) in [6.45, 7) is 8.22. The van der Waals surface area contributed by atoms with Gasteiger partial charge >= 0.3 is 0 Å². The molecule has 0 radical (unpaired) electrons. The Morgan fingerprint density at radius 1 is 1.45 bits per heavy atom. The molecule has 0 spiro atoms. The Bertz CT molecular complexity index is 581. The molecule has 0 aliphatic rings. The zero-order chi connectivity index (χ0) is 14.9. The smallest absolute Gasteiger partial charge is 0.257 e. The van der Waals surface area contributed by atoms with Crippen molar-refractivity contribution in [3.05, 3.63) is 40.3 Å². The van der Waals surface area contributed by atoms with Crippen LogP contribution in [0.5, 0.6) is 0 Å². The van der Waals surface area contributed by atoms with Crippen LogP contribution in [0.3, 0.4) is 0 Å². The standard InChI is InChI=1S/C15H21N3OS/c1-11(13-7-6-8-20-13)17(5)14(19)12-9-16-18(10-12)15(2,3)4/h6-11H,1-5H3. The second kappa shape index (κ2) is 5.40. The highest BCUT2D eigenvalue weighted by Crippen LogP contribution is 2.25. The van der Waals surface area contributed by atoms with Gasteiger partial charge in [0.1, 0.15) is 0 Å². The number of thiophene rings is 1. The number of carbonyl (C=O) groups excluding carboxylic acids is 1. The predicted molar refractivity (Wildman–Crippen MR) is 82.1 cm³/mol. The van der Waals surface area contributed by atoms with Crippen molar-refractivity contribution in [2.24, 2.45) is 0 Å². The lowest BCUT2D eigenvalue weighted by Crippen LogP contribution is -2.29. The maximum absolute atomic E-state index is 12.5. The number of aromatic nitrogens is 2. The molecule has 108 valence electrons. The molecule has 2 aromatic heterocycles. The Morgan fingerprint density at radius 2 is 2.15 bits per heavy atom. The first-order valence-electron chi connectivity index (χ1n) is 6.66. The van der Waals surface area contributed by atoms with Gasteiger partial charge in [0.25, 0.3) is 5.91 Å². The van der Waals surface area contributed by atoms with Gasteiger partial charge < -0.3 is 4.90 Å². The molecule has 4 nitrogen and oxygen atoms in total. The van der Waals surface area contributed by atoms with Crippen LogP contribution in [0.25, 0.3) is 0 Å². The largest absolute Gasteiger partial charge is 0.334 e. The Morgan fingerprint density at radius 3 is 2.65 bits per heavy atom. The number of hydrogen-bond acceptors (Lipinski definition) is 3. The van der Waals surface area contributed by atoms with Gasteiger partial charge in [0.2, 0.25) is 0 Å². The summed E-state index contributed by atoms with van der Waals surface area (Å²) < 4.78 is 1.82. The van der Waals surface area contributed by atoms with Gasteiger partial charge in [-0.25, -0.2) is 0 Å². The molecule has 0 saturated carbocycles. The van der Waals surface area contributed by atoms with Crippen molar-refractivity contribution in [2.45, 2.75) is 39.3 Å². The third-order valence-corrected chi connectivity index (χ3v) is 4.42. The molecule has 1 atom stereocenters. The van der Waals surface area contributed by atoms with Crippen molar-refractivity contribution >= 4 is 17.2 Å². The average molecular weight is 291 g/mol. The van der Waals surface area contributed by atoms with E-state index in [-0.39, 0.29) is 17.5 Å². The first-order valence-corrected chi connectivity index (χ1v) is 7.54. The van der Waals surface area contributed by atoms with Crippen molar-refractivity contribution in [1.82, 2.24) is 14.7 Å². The molecule has 0 aromatic carbocycles. The molecular weight excluding hydrogens is 270 g/mol. The quantitative estimate of drug-likeness (QED) is 0.867. The molecule has 0 aliphatic heterocycles. The van der Waals surface area contributed by atoms with Gasteiger partial charge in [0.05, 0.1) is 23.3 Å². The summed E-state index contributed by atoms with van der Waals surface area (Å²) >= 11 is 1.67. The maximum Gasteiger partial charge on any atom is 0.257 e. The molecule has 0 fully saturated rings. The molecule has 2 rings (SSSR count). The van der Waals surface area contributed by atoms with E-state index in [0.29, 0.717) is 5.56 Å². The van der Waals surface area contributed by atoms with Crippen LogP contribution in [0, 0.1) is 0 Å². The van der Waals surface area contributed by atoms with Crippen LogP contribution < -0.4 is 0 Å². The fourth-order valence-corrected chi connectivity index (χ4v) is 2.73. The molecule has 1 unspecified atom stereocenters. The first kappa shape index (κ1) is 14.8. The molecule has 5 heteroatoms. The van der Waals surface area contributed by atoms with E-state index >= 15 is 0 Å². The summed E-state index contributed by atoms with van der Waals surface area (Å²) in [7, 11) is 1.83. The third kappa shape index (κ3) is 2.93. The van der Waals surface area contributed by atoms with E-state index in [1.54, 1.807) is 22.4 Å². The summed E-state index contributed by atoms with van der Waals surface area (Å²) in [6.07, 6.45) is 3.46. The minimum absolute atomic E-state index is 0.00130. The molecule has 0 bridgehead atoms. The van der Waals surface area contributed by atoms with Gasteiger partial charge in [0, 0.05) is 18.1 Å². The van der Waals surface area contributed by atoms with Crippen LogP contribution in [0.1, 0.15) is 49.0 Å². The van der Waals surface area contributed by atoms with Crippen molar-refractivity contribution in [2.75, 3.05) is 7.05 Å². The Kier molecular flexibility index (Phi) is 3.99. The van der Waals surface area contributed by atoms with E-state index in [4.69, 9.17) is 0 Å². The molecule has 0 aliphatic carbocycles. The number of rotatable bonds is 3. The van der Waals surface area contributed by atoms with Crippen LogP contribution in [0.15, 0.2) is 29.9 Å². The first-order chi connectivity index (χ1) is 9.30. The average Bonchev–Trinajstić information content (AvgIpc) is 3.05. The van der Waals surface area contributed by atoms with E-state index < -0.39 is 0 Å². The number of nitrogens with zero attached hydrogens (tertiary/aromatic N) is 3. The van der Waals surface area contributed by atoms with E-state index in [9.17, 15) is 4.79 Å². The molecular formula is C15H21N3OS. The highest BCUT2D eigenvalue weighted by molar-refractivity contribution is 7.10. The Labute approximate surface area is 124 Å². The van der Waals surface area contributed by atoms with Crippen LogP contribution in [-0.2, 0) is 5.54 Å². The van der Waals surface area contributed by atoms with Gasteiger partial charge in [-0.2, -0.15) is 5.10 Å². The zero-order valence-electron chi connectivity index (χ0n) is 12.6. The highest BCUT2D eigenvalue weighted by Gasteiger charge is 2.22. The maximum atomic E-state index is 12.5. The minimum atomic E-state index is -0.115. The van der Waals surface area contributed by atoms with Crippen molar-refractivity contribution in [1.29, 1.82) is 0 Å². The normalized spacial score (nSPS) is 13.2. The minimum Gasteiger partial charge on any atom is -0.334 e. The fraction of sp³-hybridized carbons (Fsp3) is 0.467. The number of hydrogen-bond donors (Lipinski definition) is 0. The van der Waals surface area contributed by atoms with Crippen molar-refractivity contribution in [3.63, 3.8) is 0 Å². The van der Waals surface area contributed by atoms with Crippen molar-refractivity contribution < 1.29 is 4.79 Å². The topological polar surface area (TPSA) is 38.1 Å². The Hall–Kier alpha value is -1.62. The van der Waals surface area contributed by atoms with Gasteiger partial charge in [-0.05, 0) is 39.1 Å². The molecule has 2 aromatic rings. The monoisotopic (exact) mass is 291 g/mol. The number of amides is 1. The van der Waals surface area contributed by atoms with Crippen LogP contribution in [0.2, 0.25) is 0 Å². The van der Waals surface area contributed by atoms with Crippen LogP contribution in [0.4, 0.5) is 0 Å². The molecule has 1 amide bonds. The van der Waals surface area contributed by atoms with Gasteiger partial charge in [-0.1, -0.05) is 6.07 Å². The zero-order valence-corrected chi connectivity index (χ0v) is 13.4. The lowest BCUT2D eigenvalue weighted by Gasteiger charge is -2.23. The molecule has 20 heavy (non-hydrogen) atoms. The summed E-state index contributed by atoms with van der Waals surface area (Å²) in [4.78, 5) is 15.4. The van der Waals surface area contributed by atoms with E-state index in [2.05, 4.69) is 31.9 Å². The molecule has 0 saturated heterocycles. The predicted octanol–water partition coefficient (Wildman–Crippen LogP) is 3.53. The highest BCUT2D eigenvalue weighted by atomic mass is 32.1. The van der Waals surface area contributed by atoms with Gasteiger partial charge in [-0.3, -0.25) is 9.48 Å². The van der Waals surface area contributed by atoms with Crippen LogP contribution >= 0.6 is 11.3 Å².